The van der Waals surface area contributed by atoms with Crippen LogP contribution in [0.3, 0.4) is 0 Å². The lowest BCUT2D eigenvalue weighted by atomic mass is 9.77. The zero-order valence-electron chi connectivity index (χ0n) is 12.8. The largest absolute Gasteiger partial charge is 0.441 e. The molecule has 1 unspecified atom stereocenters. The first kappa shape index (κ1) is 16.6. The van der Waals surface area contributed by atoms with Crippen LogP contribution in [0.25, 0.3) is 0 Å². The van der Waals surface area contributed by atoms with E-state index in [9.17, 15) is 4.57 Å². The van der Waals surface area contributed by atoms with Gasteiger partial charge in [-0.3, -0.25) is 4.52 Å². The minimum absolute atomic E-state index is 0.198. The predicted molar refractivity (Wildman–Crippen MR) is 95.4 cm³/mol. The molecule has 120 valence electrons. The second kappa shape index (κ2) is 6.01. The van der Waals surface area contributed by atoms with Crippen LogP contribution in [-0.4, -0.2) is 10.9 Å². The van der Waals surface area contributed by atoms with Crippen LogP contribution >= 0.6 is 34.1 Å². The fourth-order valence-electron chi connectivity index (χ4n) is 3.05. The lowest BCUT2D eigenvalue weighted by molar-refractivity contribution is 0.0507. The molecule has 0 bridgehead atoms. The Morgan fingerprint density at radius 3 is 2.82 bits per heavy atom. The zero-order chi connectivity index (χ0) is 16.0. The molecule has 0 spiro atoms. The van der Waals surface area contributed by atoms with Crippen molar-refractivity contribution in [2.45, 2.75) is 44.0 Å². The summed E-state index contributed by atoms with van der Waals surface area (Å²) in [5, 5.41) is 0.198. The topological polar surface area (TPSA) is 35.5 Å². The van der Waals surface area contributed by atoms with Crippen molar-refractivity contribution in [3.8, 4) is 5.75 Å². The maximum absolute atomic E-state index is 13.0. The molecular weight excluding hydrogens is 383 g/mol. The summed E-state index contributed by atoms with van der Waals surface area (Å²) in [6.45, 7) is 5.04. The number of benzene rings is 1. The number of fused-ring (bicyclic) bond motifs is 1. The summed E-state index contributed by atoms with van der Waals surface area (Å²) in [5.74, 6) is 1.08. The first-order chi connectivity index (χ1) is 10.3. The highest BCUT2D eigenvalue weighted by Crippen LogP contribution is 2.73. The molecule has 4 atom stereocenters. The van der Waals surface area contributed by atoms with E-state index in [0.29, 0.717) is 11.7 Å². The maximum Gasteiger partial charge on any atom is 0.441 e. The first-order valence-corrected chi connectivity index (χ1v) is 11.2. The quantitative estimate of drug-likeness (QED) is 0.445. The molecule has 2 aliphatic rings. The average molecular weight is 403 g/mol. The molecule has 0 N–H and O–H groups in total. The van der Waals surface area contributed by atoms with Gasteiger partial charge in [0.1, 0.15) is 5.75 Å². The molecule has 6 heteroatoms. The van der Waals surface area contributed by atoms with Crippen molar-refractivity contribution >= 4 is 34.1 Å². The molecule has 3 nitrogen and oxygen atoms in total. The molecule has 1 aliphatic carbocycles. The van der Waals surface area contributed by atoms with E-state index in [0.717, 1.165) is 23.7 Å². The van der Waals surface area contributed by atoms with Crippen LogP contribution in [0.4, 0.5) is 0 Å². The minimum atomic E-state index is -3.16. The summed E-state index contributed by atoms with van der Waals surface area (Å²) in [4.78, 5) is 0. The van der Waals surface area contributed by atoms with Crippen molar-refractivity contribution in [3.05, 3.63) is 40.9 Å². The minimum Gasteiger partial charge on any atom is -0.417 e. The highest BCUT2D eigenvalue weighted by atomic mass is 79.9. The van der Waals surface area contributed by atoms with Crippen molar-refractivity contribution in [1.29, 1.82) is 0 Å². The number of hydrogen-bond acceptors (Lipinski definition) is 4. The smallest absolute Gasteiger partial charge is 0.417 e. The summed E-state index contributed by atoms with van der Waals surface area (Å²) in [6.07, 6.45) is 2.90. The van der Waals surface area contributed by atoms with Gasteiger partial charge in [0.25, 0.3) is 0 Å². The summed E-state index contributed by atoms with van der Waals surface area (Å²) in [6, 6.07) is 7.34. The van der Waals surface area contributed by atoms with Crippen molar-refractivity contribution in [2.24, 2.45) is 5.92 Å². The summed E-state index contributed by atoms with van der Waals surface area (Å²) < 4.78 is 25.6. The van der Waals surface area contributed by atoms with Gasteiger partial charge in [-0.2, -0.15) is 0 Å². The number of allylic oxidation sites excluding steroid dienone is 1. The maximum atomic E-state index is 13.0. The Balaban J connectivity index is 1.76. The fraction of sp³-hybridized carbons (Fsp3) is 0.500. The molecule has 22 heavy (non-hydrogen) atoms. The third-order valence-corrected chi connectivity index (χ3v) is 9.27. The lowest BCUT2D eigenvalue weighted by Gasteiger charge is -2.37. The molecule has 0 amide bonds. The summed E-state index contributed by atoms with van der Waals surface area (Å²) in [7, 11) is 0. The van der Waals surface area contributed by atoms with Gasteiger partial charge in [-0.1, -0.05) is 28.1 Å². The Kier molecular flexibility index (Phi) is 4.54. The molecule has 1 aliphatic heterocycles. The van der Waals surface area contributed by atoms with E-state index in [-0.39, 0.29) is 10.9 Å². The Bertz CT molecular complexity index is 633. The lowest BCUT2D eigenvalue weighted by Crippen LogP contribution is -2.40. The molecule has 2 fully saturated rings. The SMILES string of the molecule is C=C(C)C1CC[C@@]2(C)O[P@](=O)(Oc3ccc(Br)cc3)S[C@@H]2C1. The van der Waals surface area contributed by atoms with Gasteiger partial charge in [-0.15, -0.1) is 0 Å². The van der Waals surface area contributed by atoms with Crippen LogP contribution in [0.5, 0.6) is 5.75 Å². The van der Waals surface area contributed by atoms with Crippen LogP contribution in [0, 0.1) is 5.92 Å². The van der Waals surface area contributed by atoms with Gasteiger partial charge in [-0.25, -0.2) is 4.57 Å². The van der Waals surface area contributed by atoms with Crippen molar-refractivity contribution < 1.29 is 13.6 Å². The van der Waals surface area contributed by atoms with Crippen molar-refractivity contribution in [3.63, 3.8) is 0 Å². The highest BCUT2D eigenvalue weighted by molar-refractivity contribution is 9.10. The Morgan fingerprint density at radius 2 is 2.18 bits per heavy atom. The van der Waals surface area contributed by atoms with E-state index in [1.54, 1.807) is 12.1 Å². The van der Waals surface area contributed by atoms with Crippen molar-refractivity contribution in [1.82, 2.24) is 0 Å². The van der Waals surface area contributed by atoms with Crippen LogP contribution in [-0.2, 0) is 9.09 Å². The molecule has 0 aromatic heterocycles. The normalized spacial score (nSPS) is 37.6. The van der Waals surface area contributed by atoms with E-state index in [4.69, 9.17) is 9.05 Å². The molecule has 1 saturated carbocycles. The van der Waals surface area contributed by atoms with Gasteiger partial charge in [0.2, 0.25) is 0 Å². The Labute approximate surface area is 144 Å². The summed E-state index contributed by atoms with van der Waals surface area (Å²) >= 11 is 4.75. The van der Waals surface area contributed by atoms with Gasteiger partial charge in [0.15, 0.2) is 0 Å². The van der Waals surface area contributed by atoms with E-state index in [2.05, 4.69) is 36.4 Å². The molecule has 1 saturated heterocycles. The fourth-order valence-corrected chi connectivity index (χ4v) is 8.53. The van der Waals surface area contributed by atoms with E-state index in [1.807, 2.05) is 12.1 Å². The number of hydrogen-bond donors (Lipinski definition) is 0. The van der Waals surface area contributed by atoms with E-state index in [1.165, 1.54) is 17.0 Å². The number of halogens is 1. The Hall–Kier alpha value is -0.220. The Morgan fingerprint density at radius 1 is 1.50 bits per heavy atom. The molecule has 1 heterocycles. The summed E-state index contributed by atoms with van der Waals surface area (Å²) in [5.41, 5.74) is 0.847. The van der Waals surface area contributed by atoms with Gasteiger partial charge >= 0.3 is 6.80 Å². The van der Waals surface area contributed by atoms with Crippen LogP contribution in [0.2, 0.25) is 0 Å². The zero-order valence-corrected chi connectivity index (χ0v) is 16.0. The molecule has 1 aromatic carbocycles. The highest BCUT2D eigenvalue weighted by Gasteiger charge is 2.56. The third kappa shape index (κ3) is 3.33. The van der Waals surface area contributed by atoms with Gasteiger partial charge in [0, 0.05) is 9.72 Å². The van der Waals surface area contributed by atoms with Gasteiger partial charge < -0.3 is 4.52 Å². The standard InChI is InChI=1S/C16H20BrO3PS/c1-11(2)12-8-9-16(3)15(10-12)22-21(18,20-16)19-14-6-4-13(17)5-7-14/h4-7,12,15H,1,8-10H2,2-3H3/t12?,15-,16-,21+/m1/s1. The second-order valence-corrected chi connectivity index (χ2v) is 11.2. The van der Waals surface area contributed by atoms with Gasteiger partial charge in [-0.05, 0) is 74.7 Å². The molecule has 0 radical (unpaired) electrons. The first-order valence-electron chi connectivity index (χ1n) is 7.39. The van der Waals surface area contributed by atoms with Crippen molar-refractivity contribution in [2.75, 3.05) is 0 Å². The van der Waals surface area contributed by atoms with E-state index < -0.39 is 6.80 Å². The molecule has 1 aromatic rings. The number of rotatable bonds is 3. The molecule has 3 rings (SSSR count). The van der Waals surface area contributed by atoms with E-state index >= 15 is 0 Å². The van der Waals surface area contributed by atoms with Gasteiger partial charge in [0.05, 0.1) is 5.60 Å². The second-order valence-electron chi connectivity index (χ2n) is 6.31. The van der Waals surface area contributed by atoms with Crippen LogP contribution < -0.4 is 4.52 Å². The third-order valence-electron chi connectivity index (χ3n) is 4.47. The van der Waals surface area contributed by atoms with Crippen LogP contribution in [0.15, 0.2) is 40.9 Å². The monoisotopic (exact) mass is 402 g/mol. The van der Waals surface area contributed by atoms with Crippen LogP contribution in [0.1, 0.15) is 33.1 Å². The molecular formula is C16H20BrO3PS. The predicted octanol–water partition coefficient (Wildman–Crippen LogP) is 6.20. The average Bonchev–Trinajstić information content (AvgIpc) is 2.70.